The summed E-state index contributed by atoms with van der Waals surface area (Å²) in [6.07, 6.45) is 1.84. The maximum Gasteiger partial charge on any atom is 0.0850 e. The van der Waals surface area contributed by atoms with Crippen LogP contribution in [-0.4, -0.2) is 22.9 Å². The maximum atomic E-state index is 6.57. The molecule has 0 saturated heterocycles. The molecule has 1 aliphatic rings. The van der Waals surface area contributed by atoms with E-state index in [1.807, 2.05) is 0 Å². The fourth-order valence-electron chi connectivity index (χ4n) is 4.06. The molecule has 0 spiro atoms. The SMILES string of the molecule is CCc1nn(CC)c(CC(NC)C2C(C)(C)C2(C)C)c1Cl. The summed E-state index contributed by atoms with van der Waals surface area (Å²) in [4.78, 5) is 0. The molecule has 0 amide bonds. The first-order valence-corrected chi connectivity index (χ1v) is 8.51. The summed E-state index contributed by atoms with van der Waals surface area (Å²) in [6.45, 7) is 14.6. The molecule has 1 aromatic heterocycles. The van der Waals surface area contributed by atoms with Gasteiger partial charge in [-0.05, 0) is 37.1 Å². The number of hydrogen-bond acceptors (Lipinski definition) is 2. The monoisotopic (exact) mass is 311 g/mol. The minimum atomic E-state index is 0.373. The highest BCUT2D eigenvalue weighted by molar-refractivity contribution is 6.31. The van der Waals surface area contributed by atoms with Crippen molar-refractivity contribution in [2.75, 3.05) is 7.05 Å². The van der Waals surface area contributed by atoms with E-state index in [1.165, 1.54) is 5.69 Å². The summed E-state index contributed by atoms with van der Waals surface area (Å²) in [5.41, 5.74) is 2.96. The van der Waals surface area contributed by atoms with Gasteiger partial charge in [-0.15, -0.1) is 0 Å². The van der Waals surface area contributed by atoms with Gasteiger partial charge in [-0.1, -0.05) is 46.2 Å². The number of aryl methyl sites for hydroxylation is 2. The lowest BCUT2D eigenvalue weighted by Gasteiger charge is -2.19. The van der Waals surface area contributed by atoms with Crippen molar-refractivity contribution in [3.8, 4) is 0 Å². The molecule has 1 N–H and O–H groups in total. The van der Waals surface area contributed by atoms with Crippen LogP contribution >= 0.6 is 11.6 Å². The fourth-order valence-corrected chi connectivity index (χ4v) is 4.41. The average molecular weight is 312 g/mol. The predicted molar refractivity (Wildman–Crippen MR) is 89.9 cm³/mol. The van der Waals surface area contributed by atoms with Crippen LogP contribution in [0.5, 0.6) is 0 Å². The summed E-state index contributed by atoms with van der Waals surface area (Å²) >= 11 is 6.57. The van der Waals surface area contributed by atoms with Crippen molar-refractivity contribution in [3.63, 3.8) is 0 Å². The summed E-state index contributed by atoms with van der Waals surface area (Å²) in [6, 6.07) is 0.444. The second-order valence-corrected chi connectivity index (χ2v) is 7.77. The first-order valence-electron chi connectivity index (χ1n) is 8.13. The predicted octanol–water partition coefficient (Wildman–Crippen LogP) is 3.93. The van der Waals surface area contributed by atoms with Crippen LogP contribution in [0.15, 0.2) is 0 Å². The molecule has 0 radical (unpaired) electrons. The van der Waals surface area contributed by atoms with Crippen molar-refractivity contribution < 1.29 is 0 Å². The zero-order valence-electron chi connectivity index (χ0n) is 14.5. The van der Waals surface area contributed by atoms with Crippen molar-refractivity contribution in [1.29, 1.82) is 0 Å². The summed E-state index contributed by atoms with van der Waals surface area (Å²) in [5, 5.41) is 9.04. The van der Waals surface area contributed by atoms with Gasteiger partial charge in [-0.2, -0.15) is 5.10 Å². The van der Waals surface area contributed by atoms with E-state index in [1.54, 1.807) is 0 Å². The Hall–Kier alpha value is -0.540. The molecule has 120 valence electrons. The van der Waals surface area contributed by atoms with Crippen LogP contribution in [0.2, 0.25) is 5.02 Å². The van der Waals surface area contributed by atoms with Crippen LogP contribution in [0.1, 0.15) is 52.9 Å². The Morgan fingerprint density at radius 3 is 2.19 bits per heavy atom. The zero-order valence-corrected chi connectivity index (χ0v) is 15.3. The number of hydrogen-bond donors (Lipinski definition) is 1. The highest BCUT2D eigenvalue weighted by Crippen LogP contribution is 2.69. The Kier molecular flexibility index (Phi) is 4.47. The summed E-state index contributed by atoms with van der Waals surface area (Å²) < 4.78 is 2.08. The normalized spacial score (nSPS) is 21.5. The summed E-state index contributed by atoms with van der Waals surface area (Å²) in [7, 11) is 2.07. The van der Waals surface area contributed by atoms with Gasteiger partial charge in [0, 0.05) is 19.0 Å². The standard InChI is InChI=1S/C17H30ClN3/c1-8-11-14(18)13(21(9-2)20-11)10-12(19-7)15-16(3,4)17(15,5)6/h12,15,19H,8-10H2,1-7H3. The van der Waals surface area contributed by atoms with Crippen LogP contribution in [0, 0.1) is 16.7 Å². The van der Waals surface area contributed by atoms with Crippen molar-refractivity contribution in [3.05, 3.63) is 16.4 Å². The molecule has 1 aromatic rings. The van der Waals surface area contributed by atoms with E-state index in [-0.39, 0.29) is 0 Å². The van der Waals surface area contributed by atoms with Crippen molar-refractivity contribution in [2.45, 2.75) is 67.0 Å². The van der Waals surface area contributed by atoms with Gasteiger partial charge in [0.05, 0.1) is 16.4 Å². The van der Waals surface area contributed by atoms with Gasteiger partial charge in [-0.25, -0.2) is 0 Å². The molecular formula is C17H30ClN3. The topological polar surface area (TPSA) is 29.9 Å². The lowest BCUT2D eigenvalue weighted by molar-refractivity contribution is 0.410. The van der Waals surface area contributed by atoms with Gasteiger partial charge in [0.15, 0.2) is 0 Å². The molecule has 2 rings (SSSR count). The van der Waals surface area contributed by atoms with E-state index >= 15 is 0 Å². The van der Waals surface area contributed by atoms with Gasteiger partial charge >= 0.3 is 0 Å². The molecule has 1 unspecified atom stereocenters. The first-order chi connectivity index (χ1) is 9.72. The lowest BCUT2D eigenvalue weighted by Crippen LogP contribution is -2.33. The molecule has 1 atom stereocenters. The molecule has 1 fully saturated rings. The summed E-state index contributed by atoms with van der Waals surface area (Å²) in [5.74, 6) is 0.663. The Labute approximate surface area is 134 Å². The van der Waals surface area contributed by atoms with Crippen LogP contribution in [0.3, 0.4) is 0 Å². The van der Waals surface area contributed by atoms with E-state index in [0.717, 1.165) is 30.1 Å². The highest BCUT2D eigenvalue weighted by atomic mass is 35.5. The maximum absolute atomic E-state index is 6.57. The molecule has 1 heterocycles. The van der Waals surface area contributed by atoms with Gasteiger partial charge < -0.3 is 5.32 Å². The Morgan fingerprint density at radius 2 is 1.81 bits per heavy atom. The Balaban J connectivity index is 2.27. The Bertz CT molecular complexity index is 502. The van der Waals surface area contributed by atoms with Crippen molar-refractivity contribution in [2.24, 2.45) is 16.7 Å². The molecule has 4 heteroatoms. The minimum Gasteiger partial charge on any atom is -0.316 e. The second kappa shape index (κ2) is 5.58. The number of rotatable bonds is 6. The molecule has 21 heavy (non-hydrogen) atoms. The number of aromatic nitrogens is 2. The number of nitrogens with zero attached hydrogens (tertiary/aromatic N) is 2. The molecule has 1 saturated carbocycles. The molecule has 1 aliphatic carbocycles. The largest absolute Gasteiger partial charge is 0.316 e. The fraction of sp³-hybridized carbons (Fsp3) is 0.824. The van der Waals surface area contributed by atoms with Gasteiger partial charge in [0.2, 0.25) is 0 Å². The zero-order chi connectivity index (χ0) is 16.0. The Morgan fingerprint density at radius 1 is 1.24 bits per heavy atom. The van der Waals surface area contributed by atoms with E-state index in [4.69, 9.17) is 11.6 Å². The molecular weight excluding hydrogens is 282 g/mol. The van der Waals surface area contributed by atoms with Gasteiger partial charge in [-0.3, -0.25) is 4.68 Å². The number of nitrogens with one attached hydrogen (secondary N) is 1. The van der Waals surface area contributed by atoms with Crippen LogP contribution in [0.25, 0.3) is 0 Å². The number of likely N-dealkylation sites (N-methyl/N-ethyl adjacent to an activating group) is 1. The third-order valence-corrected chi connectivity index (χ3v) is 6.45. The third-order valence-electron chi connectivity index (χ3n) is 6.01. The third kappa shape index (κ3) is 2.53. The van der Waals surface area contributed by atoms with Gasteiger partial charge in [0.25, 0.3) is 0 Å². The van der Waals surface area contributed by atoms with E-state index < -0.39 is 0 Å². The van der Waals surface area contributed by atoms with E-state index in [2.05, 4.69) is 63.7 Å². The van der Waals surface area contributed by atoms with Gasteiger partial charge in [0.1, 0.15) is 0 Å². The smallest absolute Gasteiger partial charge is 0.0850 e. The highest BCUT2D eigenvalue weighted by Gasteiger charge is 2.66. The minimum absolute atomic E-state index is 0.373. The van der Waals surface area contributed by atoms with Crippen LogP contribution in [0.4, 0.5) is 0 Å². The lowest BCUT2D eigenvalue weighted by atomic mass is 9.99. The average Bonchev–Trinajstić information content (AvgIpc) is 2.69. The number of halogens is 1. The first kappa shape index (κ1) is 16.8. The molecule has 0 aromatic carbocycles. The van der Waals surface area contributed by atoms with E-state index in [0.29, 0.717) is 22.8 Å². The molecule has 0 aliphatic heterocycles. The molecule has 3 nitrogen and oxygen atoms in total. The van der Waals surface area contributed by atoms with Crippen molar-refractivity contribution >= 4 is 11.6 Å². The van der Waals surface area contributed by atoms with Crippen LogP contribution < -0.4 is 5.32 Å². The quantitative estimate of drug-likeness (QED) is 0.862. The molecule has 0 bridgehead atoms. The van der Waals surface area contributed by atoms with Crippen LogP contribution in [-0.2, 0) is 19.4 Å². The second-order valence-electron chi connectivity index (χ2n) is 7.40. The van der Waals surface area contributed by atoms with E-state index in [9.17, 15) is 0 Å². The van der Waals surface area contributed by atoms with Crippen molar-refractivity contribution in [1.82, 2.24) is 15.1 Å².